The van der Waals surface area contributed by atoms with Gasteiger partial charge in [-0.1, -0.05) is 90.2 Å². The van der Waals surface area contributed by atoms with Crippen molar-refractivity contribution in [1.29, 1.82) is 0 Å². The molecule has 0 N–H and O–H groups in total. The van der Waals surface area contributed by atoms with Gasteiger partial charge < -0.3 is 4.57 Å². The van der Waals surface area contributed by atoms with E-state index >= 15 is 0 Å². The number of rotatable bonds is 4. The van der Waals surface area contributed by atoms with Gasteiger partial charge in [-0.05, 0) is 67.3 Å². The summed E-state index contributed by atoms with van der Waals surface area (Å²) in [7, 11) is 0. The molecule has 1 aromatic heterocycles. The molecular weight excluding hydrogens is 545 g/mol. The van der Waals surface area contributed by atoms with Gasteiger partial charge in [0.25, 0.3) is 0 Å². The SMILES string of the molecule is CC.CC1(c2ccc(Cl)c(Cl)c2)CC/C=C(F)\C=C/Cn2c1cnc2SCc1ccc(Cl)c(Cl)c1. The maximum Gasteiger partial charge on any atom is 0.168 e. The van der Waals surface area contributed by atoms with E-state index in [0.717, 1.165) is 22.0 Å². The van der Waals surface area contributed by atoms with Crippen LogP contribution >= 0.6 is 58.2 Å². The smallest absolute Gasteiger partial charge is 0.168 e. The van der Waals surface area contributed by atoms with Crippen LogP contribution in [0.25, 0.3) is 0 Å². The third kappa shape index (κ3) is 6.67. The van der Waals surface area contributed by atoms with Crippen LogP contribution in [0.5, 0.6) is 0 Å². The number of thioether (sulfide) groups is 1. The highest BCUT2D eigenvalue weighted by Gasteiger charge is 2.33. The fraction of sp³-hybridized carbons (Fsp3) is 0.296. The van der Waals surface area contributed by atoms with Gasteiger partial charge in [0, 0.05) is 23.4 Å². The van der Waals surface area contributed by atoms with E-state index in [1.54, 1.807) is 30.0 Å². The Balaban J connectivity index is 0.00000167. The van der Waals surface area contributed by atoms with Crippen molar-refractivity contribution in [3.8, 4) is 0 Å². The Bertz CT molecular complexity index is 1240. The molecule has 1 atom stereocenters. The third-order valence-electron chi connectivity index (χ3n) is 5.84. The van der Waals surface area contributed by atoms with Crippen LogP contribution in [0.2, 0.25) is 20.1 Å². The van der Waals surface area contributed by atoms with Crippen molar-refractivity contribution in [3.05, 3.63) is 104 Å². The van der Waals surface area contributed by atoms with Crippen LogP contribution in [-0.4, -0.2) is 9.55 Å². The second-order valence-electron chi connectivity index (χ2n) is 8.06. The summed E-state index contributed by atoms with van der Waals surface area (Å²) in [5.41, 5.74) is 2.66. The van der Waals surface area contributed by atoms with Crippen LogP contribution in [0, 0.1) is 0 Å². The maximum atomic E-state index is 14.2. The van der Waals surface area contributed by atoms with Gasteiger partial charge in [-0.15, -0.1) is 0 Å². The monoisotopic (exact) mass is 570 g/mol. The lowest BCUT2D eigenvalue weighted by molar-refractivity contribution is 0.473. The predicted octanol–water partition coefficient (Wildman–Crippen LogP) is 10.3. The van der Waals surface area contributed by atoms with Gasteiger partial charge in [0.2, 0.25) is 0 Å². The molecule has 0 saturated carbocycles. The lowest BCUT2D eigenvalue weighted by Gasteiger charge is -2.32. The molecule has 1 unspecified atom stereocenters. The Hall–Kier alpha value is -1.43. The number of allylic oxidation sites excluding steroid dienone is 4. The quantitative estimate of drug-likeness (QED) is 0.290. The number of hydrogen-bond donors (Lipinski definition) is 0. The van der Waals surface area contributed by atoms with E-state index in [-0.39, 0.29) is 5.83 Å². The minimum atomic E-state index is -0.439. The molecule has 3 aromatic rings. The third-order valence-corrected chi connectivity index (χ3v) is 8.38. The molecule has 0 bridgehead atoms. The van der Waals surface area contributed by atoms with Gasteiger partial charge in [-0.2, -0.15) is 0 Å². The summed E-state index contributed by atoms with van der Waals surface area (Å²) in [6.07, 6.45) is 8.13. The summed E-state index contributed by atoms with van der Waals surface area (Å²) < 4.78 is 16.4. The molecule has 1 aliphatic heterocycles. The Kier molecular flexibility index (Phi) is 10.2. The minimum absolute atomic E-state index is 0.236. The van der Waals surface area contributed by atoms with Crippen molar-refractivity contribution < 1.29 is 4.39 Å². The van der Waals surface area contributed by atoms with E-state index in [4.69, 9.17) is 51.4 Å². The molecule has 2 aromatic carbocycles. The summed E-state index contributed by atoms with van der Waals surface area (Å²) in [4.78, 5) is 4.74. The molecule has 2 nitrogen and oxygen atoms in total. The Morgan fingerprint density at radius 3 is 2.37 bits per heavy atom. The number of hydrogen-bond acceptors (Lipinski definition) is 2. The molecule has 4 rings (SSSR count). The van der Waals surface area contributed by atoms with E-state index in [1.807, 2.05) is 50.4 Å². The molecule has 0 saturated heterocycles. The van der Waals surface area contributed by atoms with Gasteiger partial charge in [-0.3, -0.25) is 0 Å². The fourth-order valence-corrected chi connectivity index (χ4v) is 5.52. The first-order valence-corrected chi connectivity index (χ1v) is 13.9. The average Bonchev–Trinajstić information content (AvgIpc) is 3.26. The van der Waals surface area contributed by atoms with Crippen LogP contribution in [0.1, 0.15) is 50.4 Å². The normalized spacial score (nSPS) is 20.2. The second-order valence-corrected chi connectivity index (χ2v) is 10.6. The van der Waals surface area contributed by atoms with Crippen molar-refractivity contribution in [3.63, 3.8) is 0 Å². The predicted molar refractivity (Wildman–Crippen MR) is 150 cm³/mol. The van der Waals surface area contributed by atoms with Crippen LogP contribution in [0.15, 0.2) is 71.8 Å². The summed E-state index contributed by atoms with van der Waals surface area (Å²) >= 11 is 26.4. The topological polar surface area (TPSA) is 17.8 Å². The molecule has 0 aliphatic carbocycles. The molecule has 35 heavy (non-hydrogen) atoms. The molecule has 2 heterocycles. The zero-order valence-corrected chi connectivity index (χ0v) is 23.6. The largest absolute Gasteiger partial charge is 0.318 e. The standard InChI is InChI=1S/C25H21Cl4FN2S.C2H6/c1-25(17-7-9-20(27)22(29)13-17)10-2-4-18(30)5-3-11-32-23(25)14-31-24(32)33-15-16-6-8-19(26)21(28)12-16;1-2/h3-9,12-14H,2,10-11,15H2,1H3;1-2H3/b5-3-,18-4+;. The van der Waals surface area contributed by atoms with E-state index in [1.165, 1.54) is 6.08 Å². The number of fused-ring (bicyclic) bond motifs is 1. The number of aromatic nitrogens is 2. The van der Waals surface area contributed by atoms with E-state index < -0.39 is 5.41 Å². The first-order valence-electron chi connectivity index (χ1n) is 11.4. The van der Waals surface area contributed by atoms with Gasteiger partial charge >= 0.3 is 0 Å². The lowest BCUT2D eigenvalue weighted by atomic mass is 9.75. The molecule has 8 heteroatoms. The Morgan fingerprint density at radius 1 is 1.00 bits per heavy atom. The Morgan fingerprint density at radius 2 is 1.69 bits per heavy atom. The molecule has 186 valence electrons. The number of nitrogens with zero attached hydrogens (tertiary/aromatic N) is 2. The van der Waals surface area contributed by atoms with E-state index in [2.05, 4.69) is 11.5 Å². The molecule has 0 radical (unpaired) electrons. The lowest BCUT2D eigenvalue weighted by Crippen LogP contribution is -2.27. The summed E-state index contributed by atoms with van der Waals surface area (Å²) in [5.74, 6) is 0.439. The van der Waals surface area contributed by atoms with E-state index in [9.17, 15) is 4.39 Å². The van der Waals surface area contributed by atoms with Gasteiger partial charge in [-0.25, -0.2) is 9.37 Å². The molecule has 0 fully saturated rings. The van der Waals surface area contributed by atoms with Crippen molar-refractivity contribution in [2.45, 2.75) is 56.5 Å². The van der Waals surface area contributed by atoms with Gasteiger partial charge in [0.05, 0.1) is 26.3 Å². The highest BCUT2D eigenvalue weighted by atomic mass is 35.5. The van der Waals surface area contributed by atoms with Crippen molar-refractivity contribution >= 4 is 58.2 Å². The number of halogens is 5. The zero-order valence-electron chi connectivity index (χ0n) is 19.8. The number of imidazole rings is 1. The zero-order chi connectivity index (χ0) is 25.6. The average molecular weight is 572 g/mol. The first-order chi connectivity index (χ1) is 16.8. The minimum Gasteiger partial charge on any atom is -0.318 e. The van der Waals surface area contributed by atoms with Crippen molar-refractivity contribution in [1.82, 2.24) is 9.55 Å². The molecule has 0 spiro atoms. The maximum absolute atomic E-state index is 14.2. The van der Waals surface area contributed by atoms with Crippen LogP contribution in [0.4, 0.5) is 4.39 Å². The van der Waals surface area contributed by atoms with Gasteiger partial charge in [0.15, 0.2) is 5.16 Å². The van der Waals surface area contributed by atoms with Crippen molar-refractivity contribution in [2.75, 3.05) is 0 Å². The van der Waals surface area contributed by atoms with Crippen molar-refractivity contribution in [2.24, 2.45) is 0 Å². The van der Waals surface area contributed by atoms with Gasteiger partial charge in [0.1, 0.15) is 5.83 Å². The molecular formula is C27H27Cl4FN2S. The van der Waals surface area contributed by atoms with Crippen LogP contribution in [-0.2, 0) is 17.7 Å². The van der Waals surface area contributed by atoms with Crippen LogP contribution in [0.3, 0.4) is 0 Å². The number of benzene rings is 2. The van der Waals surface area contributed by atoms with E-state index in [0.29, 0.717) is 45.2 Å². The summed E-state index contributed by atoms with van der Waals surface area (Å²) in [6.45, 7) is 6.64. The molecule has 0 amide bonds. The molecule has 1 aliphatic rings. The first kappa shape index (κ1) is 28.1. The summed E-state index contributed by atoms with van der Waals surface area (Å²) in [6, 6.07) is 11.3. The summed E-state index contributed by atoms with van der Waals surface area (Å²) in [5, 5.41) is 2.90. The highest BCUT2D eigenvalue weighted by Crippen LogP contribution is 2.41. The fourth-order valence-electron chi connectivity index (χ4n) is 3.97. The van der Waals surface area contributed by atoms with Crippen LogP contribution < -0.4 is 0 Å². The second kappa shape index (κ2) is 12.7. The highest BCUT2D eigenvalue weighted by molar-refractivity contribution is 7.98. The Labute approximate surface area is 231 Å².